The number of rotatable bonds is 7. The monoisotopic (exact) mass is 287 g/mol. The molecule has 6 heteroatoms. The van der Waals surface area contributed by atoms with Gasteiger partial charge in [-0.15, -0.1) is 0 Å². The lowest BCUT2D eigenvalue weighted by Crippen LogP contribution is -2.21. The largest absolute Gasteiger partial charge is 0.493 e. The van der Waals surface area contributed by atoms with E-state index in [9.17, 15) is 4.79 Å². The third-order valence-corrected chi connectivity index (χ3v) is 2.53. The van der Waals surface area contributed by atoms with Crippen molar-refractivity contribution in [1.82, 2.24) is 5.32 Å². The van der Waals surface area contributed by atoms with Crippen LogP contribution in [0.3, 0.4) is 0 Å². The van der Waals surface area contributed by atoms with Crippen molar-refractivity contribution >= 4 is 17.6 Å². The highest BCUT2D eigenvalue weighted by molar-refractivity contribution is 6.32. The molecule has 0 bridgehead atoms. The molecule has 0 aliphatic heterocycles. The number of halogens is 1. The van der Waals surface area contributed by atoms with Gasteiger partial charge in [0.15, 0.2) is 11.5 Å². The van der Waals surface area contributed by atoms with Gasteiger partial charge in [0.25, 0.3) is 0 Å². The van der Waals surface area contributed by atoms with Crippen LogP contribution in [-0.2, 0) is 11.3 Å². The molecule has 2 N–H and O–H groups in total. The Morgan fingerprint density at radius 3 is 2.68 bits per heavy atom. The summed E-state index contributed by atoms with van der Waals surface area (Å²) >= 11 is 6.15. The molecule has 0 fully saturated rings. The molecule has 0 radical (unpaired) electrons. The number of aliphatic carboxylic acids is 1. The van der Waals surface area contributed by atoms with E-state index in [1.165, 1.54) is 7.11 Å². The summed E-state index contributed by atoms with van der Waals surface area (Å²) in [5.41, 5.74) is 0.833. The fraction of sp³-hybridized carbons (Fsp3) is 0.462. The number of hydrogen-bond acceptors (Lipinski definition) is 4. The smallest absolute Gasteiger partial charge is 0.317 e. The van der Waals surface area contributed by atoms with E-state index in [2.05, 4.69) is 5.32 Å². The van der Waals surface area contributed by atoms with Crippen LogP contribution >= 0.6 is 11.6 Å². The fourth-order valence-electron chi connectivity index (χ4n) is 1.54. The van der Waals surface area contributed by atoms with Crippen LogP contribution in [-0.4, -0.2) is 30.8 Å². The molecule has 1 aromatic carbocycles. The van der Waals surface area contributed by atoms with E-state index >= 15 is 0 Å². The lowest BCUT2D eigenvalue weighted by Gasteiger charge is -2.16. The van der Waals surface area contributed by atoms with Crippen LogP contribution in [0.4, 0.5) is 0 Å². The second-order valence-electron chi connectivity index (χ2n) is 4.27. The zero-order chi connectivity index (χ0) is 14.4. The van der Waals surface area contributed by atoms with E-state index in [4.69, 9.17) is 26.2 Å². The number of carbonyl (C=O) groups is 1. The first-order valence-corrected chi connectivity index (χ1v) is 6.27. The van der Waals surface area contributed by atoms with Crippen LogP contribution in [0, 0.1) is 0 Å². The number of methoxy groups -OCH3 is 1. The molecule has 106 valence electrons. The summed E-state index contributed by atoms with van der Waals surface area (Å²) in [4.78, 5) is 10.4. The lowest BCUT2D eigenvalue weighted by molar-refractivity contribution is -0.135. The lowest BCUT2D eigenvalue weighted by atomic mass is 10.2. The van der Waals surface area contributed by atoms with Crippen LogP contribution < -0.4 is 14.8 Å². The van der Waals surface area contributed by atoms with Crippen molar-refractivity contribution in [1.29, 1.82) is 0 Å². The summed E-state index contributed by atoms with van der Waals surface area (Å²) < 4.78 is 10.8. The zero-order valence-corrected chi connectivity index (χ0v) is 12.0. The highest BCUT2D eigenvalue weighted by atomic mass is 35.5. The summed E-state index contributed by atoms with van der Waals surface area (Å²) in [6.07, 6.45) is -0.0117. The van der Waals surface area contributed by atoms with Crippen LogP contribution in [0.5, 0.6) is 11.5 Å². The first-order chi connectivity index (χ1) is 8.93. The van der Waals surface area contributed by atoms with E-state index in [1.807, 2.05) is 13.8 Å². The molecule has 0 heterocycles. The molecule has 0 aromatic heterocycles. The van der Waals surface area contributed by atoms with Crippen molar-refractivity contribution in [3.8, 4) is 11.5 Å². The van der Waals surface area contributed by atoms with Gasteiger partial charge in [0.05, 0.1) is 24.8 Å². The summed E-state index contributed by atoms with van der Waals surface area (Å²) in [5, 5.41) is 11.8. The maximum absolute atomic E-state index is 10.4. The summed E-state index contributed by atoms with van der Waals surface area (Å²) in [6.45, 7) is 4.09. The van der Waals surface area contributed by atoms with E-state index in [-0.39, 0.29) is 12.6 Å². The Morgan fingerprint density at radius 2 is 2.16 bits per heavy atom. The predicted molar refractivity (Wildman–Crippen MR) is 73.1 cm³/mol. The zero-order valence-electron chi connectivity index (χ0n) is 11.2. The minimum atomic E-state index is -0.905. The fourth-order valence-corrected chi connectivity index (χ4v) is 1.82. The summed E-state index contributed by atoms with van der Waals surface area (Å²) in [6, 6.07) is 3.51. The molecule has 0 amide bonds. The van der Waals surface area contributed by atoms with Crippen molar-refractivity contribution in [3.63, 3.8) is 0 Å². The molecule has 0 aliphatic rings. The van der Waals surface area contributed by atoms with E-state index in [0.717, 1.165) is 5.56 Å². The Morgan fingerprint density at radius 1 is 1.47 bits per heavy atom. The van der Waals surface area contributed by atoms with Gasteiger partial charge < -0.3 is 19.9 Å². The Bertz CT molecular complexity index is 449. The van der Waals surface area contributed by atoms with Crippen LogP contribution in [0.1, 0.15) is 19.4 Å². The molecule has 0 atom stereocenters. The normalized spacial score (nSPS) is 10.6. The number of nitrogens with one attached hydrogen (secondary N) is 1. The third kappa shape index (κ3) is 4.96. The molecule has 0 saturated carbocycles. The van der Waals surface area contributed by atoms with Gasteiger partial charge in [-0.2, -0.15) is 0 Å². The second-order valence-corrected chi connectivity index (χ2v) is 4.68. The SMILES string of the molecule is COc1cc(CNCC(=O)O)cc(Cl)c1OC(C)C. The van der Waals surface area contributed by atoms with Crippen LogP contribution in [0.25, 0.3) is 0 Å². The number of carboxylic acids is 1. The van der Waals surface area contributed by atoms with Gasteiger partial charge in [0.2, 0.25) is 0 Å². The van der Waals surface area contributed by atoms with Crippen molar-refractivity contribution in [2.75, 3.05) is 13.7 Å². The van der Waals surface area contributed by atoms with E-state index < -0.39 is 5.97 Å². The average molecular weight is 288 g/mol. The van der Waals surface area contributed by atoms with Crippen molar-refractivity contribution < 1.29 is 19.4 Å². The maximum Gasteiger partial charge on any atom is 0.317 e. The topological polar surface area (TPSA) is 67.8 Å². The quantitative estimate of drug-likeness (QED) is 0.805. The molecule has 1 rings (SSSR count). The van der Waals surface area contributed by atoms with Gasteiger partial charge in [0.1, 0.15) is 0 Å². The van der Waals surface area contributed by atoms with Gasteiger partial charge in [-0.25, -0.2) is 0 Å². The number of hydrogen-bond donors (Lipinski definition) is 2. The van der Waals surface area contributed by atoms with Gasteiger partial charge in [-0.05, 0) is 31.5 Å². The molecule has 0 unspecified atom stereocenters. The van der Waals surface area contributed by atoms with Gasteiger partial charge in [0, 0.05) is 6.54 Å². The minimum absolute atomic E-state index is 0.0117. The maximum atomic E-state index is 10.4. The highest BCUT2D eigenvalue weighted by Gasteiger charge is 2.13. The van der Waals surface area contributed by atoms with Gasteiger partial charge in [-0.3, -0.25) is 4.79 Å². The molecular weight excluding hydrogens is 270 g/mol. The summed E-state index contributed by atoms with van der Waals surface area (Å²) in [7, 11) is 1.54. The minimum Gasteiger partial charge on any atom is -0.493 e. The Kier molecular flexibility index (Phi) is 5.92. The Hall–Kier alpha value is -1.46. The standard InChI is InChI=1S/C13H18ClNO4/c1-8(2)19-13-10(14)4-9(5-11(13)18-3)6-15-7-12(16)17/h4-5,8,15H,6-7H2,1-3H3,(H,16,17). The molecule has 5 nitrogen and oxygen atoms in total. The van der Waals surface area contributed by atoms with E-state index in [1.54, 1.807) is 12.1 Å². The molecule has 0 aliphatic carbocycles. The number of ether oxygens (including phenoxy) is 2. The highest BCUT2D eigenvalue weighted by Crippen LogP contribution is 2.37. The number of benzene rings is 1. The van der Waals surface area contributed by atoms with Crippen LogP contribution in [0.2, 0.25) is 5.02 Å². The molecule has 0 spiro atoms. The van der Waals surface area contributed by atoms with Crippen molar-refractivity contribution in [2.45, 2.75) is 26.5 Å². The summed E-state index contributed by atoms with van der Waals surface area (Å²) in [5.74, 6) is 0.132. The van der Waals surface area contributed by atoms with Gasteiger partial charge >= 0.3 is 5.97 Å². The Labute approximate surface area is 117 Å². The molecular formula is C13H18ClNO4. The van der Waals surface area contributed by atoms with Crippen molar-refractivity contribution in [3.05, 3.63) is 22.7 Å². The van der Waals surface area contributed by atoms with Crippen molar-refractivity contribution in [2.24, 2.45) is 0 Å². The predicted octanol–water partition coefficient (Wildman–Crippen LogP) is 2.31. The average Bonchev–Trinajstić information content (AvgIpc) is 2.31. The molecule has 19 heavy (non-hydrogen) atoms. The molecule has 1 aromatic rings. The number of carboxylic acid groups (broad SMARTS) is 1. The van der Waals surface area contributed by atoms with E-state index in [0.29, 0.717) is 23.1 Å². The Balaban J connectivity index is 2.86. The second kappa shape index (κ2) is 7.21. The molecule has 0 saturated heterocycles. The first-order valence-electron chi connectivity index (χ1n) is 5.89. The van der Waals surface area contributed by atoms with Gasteiger partial charge in [-0.1, -0.05) is 11.6 Å². The first kappa shape index (κ1) is 15.6. The third-order valence-electron chi connectivity index (χ3n) is 2.25. The van der Waals surface area contributed by atoms with Crippen LogP contribution in [0.15, 0.2) is 12.1 Å².